The molecule has 6 atom stereocenters. The van der Waals surface area contributed by atoms with E-state index in [0.29, 0.717) is 12.8 Å². The molecule has 1 saturated carbocycles. The average molecular weight is 843 g/mol. The molecule has 14 heteroatoms. The van der Waals surface area contributed by atoms with Crippen LogP contribution in [0.5, 0.6) is 0 Å². The third-order valence-corrected chi connectivity index (χ3v) is 10.6. The third kappa shape index (κ3) is 26.6. The maximum absolute atomic E-state index is 12.8. The van der Waals surface area contributed by atoms with Crippen LogP contribution >= 0.6 is 7.82 Å². The Morgan fingerprint density at radius 1 is 0.552 bits per heavy atom. The number of allylic oxidation sites excluding steroid dienone is 10. The van der Waals surface area contributed by atoms with Crippen LogP contribution in [-0.2, 0) is 32.7 Å². The number of esters is 2. The molecular formula is C44H75O13P. The molecule has 0 heterocycles. The second-order valence-corrected chi connectivity index (χ2v) is 16.2. The fourth-order valence-corrected chi connectivity index (χ4v) is 7.05. The van der Waals surface area contributed by atoms with Crippen molar-refractivity contribution in [2.45, 2.75) is 191 Å². The van der Waals surface area contributed by atoms with E-state index in [1.165, 1.54) is 12.8 Å². The molecule has 334 valence electrons. The summed E-state index contributed by atoms with van der Waals surface area (Å²) in [6, 6.07) is 0. The highest BCUT2D eigenvalue weighted by molar-refractivity contribution is 7.47. The van der Waals surface area contributed by atoms with E-state index >= 15 is 0 Å². The number of aliphatic hydroxyl groups excluding tert-OH is 5. The normalized spacial score (nSPS) is 23.1. The molecule has 1 aliphatic carbocycles. The van der Waals surface area contributed by atoms with Gasteiger partial charge < -0.3 is 39.9 Å². The molecular weight excluding hydrogens is 767 g/mol. The highest BCUT2D eigenvalue weighted by Crippen LogP contribution is 2.47. The maximum atomic E-state index is 12.8. The van der Waals surface area contributed by atoms with E-state index < -0.39 is 75.7 Å². The minimum Gasteiger partial charge on any atom is -0.462 e. The van der Waals surface area contributed by atoms with Crippen molar-refractivity contribution in [3.05, 3.63) is 60.8 Å². The highest BCUT2D eigenvalue weighted by atomic mass is 31.2. The molecule has 1 aliphatic rings. The summed E-state index contributed by atoms with van der Waals surface area (Å²) in [5.74, 6) is -1.14. The van der Waals surface area contributed by atoms with E-state index in [1.54, 1.807) is 0 Å². The van der Waals surface area contributed by atoms with Crippen LogP contribution in [0.4, 0.5) is 0 Å². The first-order chi connectivity index (χ1) is 27.9. The van der Waals surface area contributed by atoms with E-state index in [1.807, 2.05) is 0 Å². The second kappa shape index (κ2) is 34.3. The van der Waals surface area contributed by atoms with Gasteiger partial charge >= 0.3 is 19.8 Å². The van der Waals surface area contributed by atoms with Gasteiger partial charge in [-0.05, 0) is 70.6 Å². The Morgan fingerprint density at radius 2 is 0.983 bits per heavy atom. The molecule has 6 N–H and O–H groups in total. The van der Waals surface area contributed by atoms with Crippen molar-refractivity contribution in [3.63, 3.8) is 0 Å². The smallest absolute Gasteiger partial charge is 0.462 e. The van der Waals surface area contributed by atoms with Gasteiger partial charge in [0.15, 0.2) is 6.10 Å². The van der Waals surface area contributed by atoms with Gasteiger partial charge in [0.1, 0.15) is 43.2 Å². The SMILES string of the molecule is CC/C=C\C/C=C\C/C=C\CCCCCCCC(=O)OC(COC(=O)CCCCCCC/C=C\C/C=C\CCCC)COP(=O)(O)OC1C(O)C(O)C(O)C(O)C1O. The van der Waals surface area contributed by atoms with E-state index in [4.69, 9.17) is 18.5 Å². The van der Waals surface area contributed by atoms with E-state index in [2.05, 4.69) is 74.6 Å². The summed E-state index contributed by atoms with van der Waals surface area (Å²) in [4.78, 5) is 35.6. The molecule has 0 radical (unpaired) electrons. The first kappa shape index (κ1) is 53.6. The van der Waals surface area contributed by atoms with Crippen LogP contribution in [0, 0.1) is 0 Å². The molecule has 0 aliphatic heterocycles. The van der Waals surface area contributed by atoms with Gasteiger partial charge in [0.05, 0.1) is 6.61 Å². The van der Waals surface area contributed by atoms with Crippen LogP contribution in [0.1, 0.15) is 149 Å². The maximum Gasteiger partial charge on any atom is 0.472 e. The van der Waals surface area contributed by atoms with Crippen LogP contribution < -0.4 is 0 Å². The molecule has 0 aromatic rings. The Hall–Kier alpha value is -2.45. The zero-order valence-corrected chi connectivity index (χ0v) is 36.0. The lowest BCUT2D eigenvalue weighted by Crippen LogP contribution is -2.64. The van der Waals surface area contributed by atoms with Crippen molar-refractivity contribution in [2.75, 3.05) is 13.2 Å². The van der Waals surface area contributed by atoms with Crippen molar-refractivity contribution in [1.82, 2.24) is 0 Å². The number of hydrogen-bond donors (Lipinski definition) is 6. The summed E-state index contributed by atoms with van der Waals surface area (Å²) in [6.07, 6.45) is 27.1. The fourth-order valence-electron chi connectivity index (χ4n) is 6.08. The Labute approximate surface area is 347 Å². The number of phosphoric acid groups is 1. The number of unbranched alkanes of at least 4 members (excludes halogenated alkanes) is 12. The molecule has 58 heavy (non-hydrogen) atoms. The lowest BCUT2D eigenvalue weighted by molar-refractivity contribution is -0.220. The average Bonchev–Trinajstić information content (AvgIpc) is 3.20. The largest absolute Gasteiger partial charge is 0.472 e. The zero-order chi connectivity index (χ0) is 42.9. The van der Waals surface area contributed by atoms with Gasteiger partial charge in [0.25, 0.3) is 0 Å². The molecule has 1 rings (SSSR count). The van der Waals surface area contributed by atoms with Crippen molar-refractivity contribution in [2.24, 2.45) is 0 Å². The van der Waals surface area contributed by atoms with E-state index in [-0.39, 0.29) is 12.8 Å². The molecule has 1 fully saturated rings. The number of aliphatic hydroxyl groups is 5. The summed E-state index contributed by atoms with van der Waals surface area (Å²) < 4.78 is 33.4. The zero-order valence-electron chi connectivity index (χ0n) is 35.1. The molecule has 0 amide bonds. The molecule has 0 saturated heterocycles. The molecule has 0 aromatic heterocycles. The van der Waals surface area contributed by atoms with Gasteiger partial charge in [0, 0.05) is 12.8 Å². The number of ether oxygens (including phenoxy) is 2. The Morgan fingerprint density at radius 3 is 1.50 bits per heavy atom. The van der Waals surface area contributed by atoms with Gasteiger partial charge in [-0.25, -0.2) is 4.57 Å². The summed E-state index contributed by atoms with van der Waals surface area (Å²) >= 11 is 0. The monoisotopic (exact) mass is 842 g/mol. The highest BCUT2D eigenvalue weighted by Gasteiger charge is 2.51. The van der Waals surface area contributed by atoms with Crippen molar-refractivity contribution in [3.8, 4) is 0 Å². The Bertz CT molecular complexity index is 1250. The first-order valence-electron chi connectivity index (χ1n) is 21.6. The lowest BCUT2D eigenvalue weighted by atomic mass is 9.85. The minimum atomic E-state index is -5.13. The number of rotatable bonds is 34. The summed E-state index contributed by atoms with van der Waals surface area (Å²) in [5, 5.41) is 50.1. The summed E-state index contributed by atoms with van der Waals surface area (Å²) in [7, 11) is -5.13. The predicted molar refractivity (Wildman–Crippen MR) is 226 cm³/mol. The lowest BCUT2D eigenvalue weighted by Gasteiger charge is -2.41. The van der Waals surface area contributed by atoms with Gasteiger partial charge in [-0.3, -0.25) is 18.6 Å². The first-order valence-corrected chi connectivity index (χ1v) is 23.1. The van der Waals surface area contributed by atoms with E-state index in [9.17, 15) is 44.6 Å². The van der Waals surface area contributed by atoms with Crippen molar-refractivity contribution in [1.29, 1.82) is 0 Å². The van der Waals surface area contributed by atoms with Gasteiger partial charge in [-0.1, -0.05) is 126 Å². The number of carbonyl (C=O) groups is 2. The summed E-state index contributed by atoms with van der Waals surface area (Å²) in [6.45, 7) is 3.10. The Balaban J connectivity index is 2.52. The van der Waals surface area contributed by atoms with Crippen LogP contribution in [-0.4, -0.2) is 98.3 Å². The number of carbonyl (C=O) groups excluding carboxylic acids is 2. The van der Waals surface area contributed by atoms with Gasteiger partial charge in [0.2, 0.25) is 0 Å². The quantitative estimate of drug-likeness (QED) is 0.0159. The molecule has 13 nitrogen and oxygen atoms in total. The molecule has 0 aromatic carbocycles. The van der Waals surface area contributed by atoms with Gasteiger partial charge in [-0.2, -0.15) is 0 Å². The summed E-state index contributed by atoms with van der Waals surface area (Å²) in [5.41, 5.74) is 0. The van der Waals surface area contributed by atoms with Crippen molar-refractivity contribution < 1.29 is 63.1 Å². The van der Waals surface area contributed by atoms with Crippen molar-refractivity contribution >= 4 is 19.8 Å². The van der Waals surface area contributed by atoms with Gasteiger partial charge in [-0.15, -0.1) is 0 Å². The standard InChI is InChI=1S/C44H75O13P/c1-3-5-7-9-11-13-15-17-19-21-23-25-27-29-31-33-38(46)56-36(35-55-58(52,53)57-44-42(50)40(48)39(47)41(49)43(44)51)34-54-37(45)32-30-28-26-24-22-20-18-16-14-12-10-8-6-4-2/h5,7,10-13,16-19,36,39-44,47-51H,3-4,6,8-9,14-15,20-35H2,1-2H3,(H,52,53)/b7-5-,12-10-,13-11-,18-16-,19-17-. The number of hydrogen-bond acceptors (Lipinski definition) is 12. The minimum absolute atomic E-state index is 0.0713. The second-order valence-electron chi connectivity index (χ2n) is 14.8. The van der Waals surface area contributed by atoms with Crippen LogP contribution in [0.15, 0.2) is 60.8 Å². The molecule has 6 unspecified atom stereocenters. The third-order valence-electron chi connectivity index (χ3n) is 9.59. The topological polar surface area (TPSA) is 210 Å². The molecule has 0 spiro atoms. The van der Waals surface area contributed by atoms with Crippen LogP contribution in [0.25, 0.3) is 0 Å². The van der Waals surface area contributed by atoms with E-state index in [0.717, 1.165) is 96.3 Å². The Kier molecular flexibility index (Phi) is 31.7. The number of phosphoric ester groups is 1. The van der Waals surface area contributed by atoms with Crippen LogP contribution in [0.2, 0.25) is 0 Å². The van der Waals surface area contributed by atoms with Crippen LogP contribution in [0.3, 0.4) is 0 Å². The molecule has 0 bridgehead atoms. The predicted octanol–water partition coefficient (Wildman–Crippen LogP) is 7.77. The fraction of sp³-hybridized carbons (Fsp3) is 0.727.